The minimum absolute atomic E-state index is 0.790. The highest BCUT2D eigenvalue weighted by molar-refractivity contribution is 5.73. The van der Waals surface area contributed by atoms with Gasteiger partial charge in [-0.15, -0.1) is 0 Å². The van der Waals surface area contributed by atoms with Crippen LogP contribution in [0.25, 0.3) is 0 Å². The van der Waals surface area contributed by atoms with Crippen molar-refractivity contribution in [2.45, 2.75) is 246 Å². The smallest absolute Gasteiger partial charge is 0.335 e. The summed E-state index contributed by atoms with van der Waals surface area (Å²) in [6, 6.07) is 0. The summed E-state index contributed by atoms with van der Waals surface area (Å²) in [5.41, 5.74) is 0. The molecule has 0 unspecified atom stereocenters. The Morgan fingerprint density at radius 3 is 1.03 bits per heavy atom. The lowest BCUT2D eigenvalue weighted by molar-refractivity contribution is -0.395. The van der Waals surface area contributed by atoms with Gasteiger partial charge in [0.05, 0.1) is 52.4 Å². The number of carboxylic acids is 1. The number of ether oxygens (including phenoxy) is 14. The molecule has 0 aromatic heterocycles. The van der Waals surface area contributed by atoms with E-state index in [1.165, 1.54) is 0 Å². The zero-order valence-corrected chi connectivity index (χ0v) is 46.7. The van der Waals surface area contributed by atoms with Crippen molar-refractivity contribution in [3.05, 3.63) is 0 Å². The van der Waals surface area contributed by atoms with Gasteiger partial charge in [0.2, 0.25) is 0 Å². The van der Waals surface area contributed by atoms with Crippen LogP contribution in [0.3, 0.4) is 0 Å². The Balaban J connectivity index is 0.941. The monoisotopic (exact) mass is 1310 g/mol. The van der Waals surface area contributed by atoms with E-state index in [1.807, 2.05) is 0 Å². The van der Waals surface area contributed by atoms with E-state index >= 15 is 0 Å². The van der Waals surface area contributed by atoms with Gasteiger partial charge in [0, 0.05) is 0 Å². The molecule has 0 aromatic carbocycles. The third-order valence-corrected chi connectivity index (χ3v) is 16.2. The summed E-state index contributed by atoms with van der Waals surface area (Å²) >= 11 is 0. The van der Waals surface area contributed by atoms with Crippen LogP contribution in [0.5, 0.6) is 0 Å². The fourth-order valence-electron chi connectivity index (χ4n) is 10.9. The van der Waals surface area contributed by atoms with Crippen LogP contribution in [0.4, 0.5) is 0 Å². The Bertz CT molecular complexity index is 2140. The van der Waals surface area contributed by atoms with Crippen molar-refractivity contribution in [2.75, 3.05) is 46.2 Å². The zero-order valence-electron chi connectivity index (χ0n) is 46.7. The van der Waals surface area contributed by atoms with Crippen LogP contribution in [0.2, 0.25) is 0 Å². The molecule has 0 spiro atoms. The lowest BCUT2D eigenvalue weighted by Gasteiger charge is -2.49. The highest BCUT2D eigenvalue weighted by atomic mass is 16.8. The highest BCUT2D eigenvalue weighted by Crippen LogP contribution is 2.37. The van der Waals surface area contributed by atoms with Crippen LogP contribution >= 0.6 is 0 Å². The molecule has 0 amide bonds. The second-order valence-corrected chi connectivity index (χ2v) is 22.2. The van der Waals surface area contributed by atoms with Crippen molar-refractivity contribution in [1.29, 1.82) is 0 Å². The maximum absolute atomic E-state index is 11.6. The molecule has 0 aliphatic carbocycles. The molecule has 520 valence electrons. The number of carboxylic acid groups (broad SMARTS) is 1. The van der Waals surface area contributed by atoms with Crippen molar-refractivity contribution in [2.24, 2.45) is 0 Å². The molecule has 7 saturated heterocycles. The average molecular weight is 1320 g/mol. The average Bonchev–Trinajstić information content (AvgIpc) is 1.39. The van der Waals surface area contributed by atoms with E-state index in [2.05, 4.69) is 0 Å². The van der Waals surface area contributed by atoms with Gasteiger partial charge in [-0.2, -0.15) is 0 Å². The van der Waals surface area contributed by atoms with E-state index in [1.54, 1.807) is 0 Å². The van der Waals surface area contributed by atoms with Gasteiger partial charge in [-0.1, -0.05) is 0 Å². The van der Waals surface area contributed by atoms with E-state index in [-0.39, 0.29) is 0 Å². The number of hydrogen-bond acceptors (Lipinski definition) is 40. The minimum atomic E-state index is -2.28. The normalized spacial score (nSPS) is 49.8. The van der Waals surface area contributed by atoms with Crippen molar-refractivity contribution >= 4 is 5.97 Å². The SMILES string of the molecule is C[C@H](O)[C@H](O[C@@H]1O[C@H](CO)[C@@H](O[C@@H]2O[C@H](CO)[C@@H](O[C@@H]3O[C@H](CO)[C@@H](O[C@H]4O[C@H](CO)[C@H](O[C@@H]5O[C@H](CO[C@@H]6O[C@H](CO)[C@@H](O)[C@H](O)[C@@H]6O)[C@@H](O)[C@H](O)[C@H]5O)[C@H](O)[C@H]4O)[C@H](O)[C@H]3O)[C@H](O)[C@@H]2O)[C@H](O)[C@H]1O)[C@@H](O)[C@H](CO)O[C@@H]1O[C@H](C(=O)O)[C@@H](O)[C@H](O)[C@H]1O. The Morgan fingerprint density at radius 1 is 0.360 bits per heavy atom. The molecule has 41 heteroatoms. The predicted octanol–water partition coefficient (Wildman–Crippen LogP) is -17.7. The molecule has 26 N–H and O–H groups in total. The largest absolute Gasteiger partial charge is 0.479 e. The summed E-state index contributed by atoms with van der Waals surface area (Å²) in [4.78, 5) is 11.6. The fraction of sp³-hybridized carbons (Fsp3) is 0.979. The summed E-state index contributed by atoms with van der Waals surface area (Å²) in [7, 11) is 0. The number of aliphatic hydroxyl groups excluding tert-OH is 25. The lowest BCUT2D eigenvalue weighted by atomic mass is 9.95. The van der Waals surface area contributed by atoms with Gasteiger partial charge in [0.1, 0.15) is 183 Å². The number of hydrogen-bond donors (Lipinski definition) is 26. The van der Waals surface area contributed by atoms with Gasteiger partial charge < -0.3 is 199 Å². The molecule has 0 aromatic rings. The first-order chi connectivity index (χ1) is 42.0. The molecule has 0 saturated carbocycles. The van der Waals surface area contributed by atoms with Gasteiger partial charge in [-0.25, -0.2) is 4.79 Å². The maximum atomic E-state index is 11.6. The Hall–Kier alpha value is -2.09. The molecule has 0 radical (unpaired) electrons. The maximum Gasteiger partial charge on any atom is 0.335 e. The summed E-state index contributed by atoms with van der Waals surface area (Å²) in [5, 5.41) is 276. The molecular weight excluding hydrogens is 1230 g/mol. The van der Waals surface area contributed by atoms with Crippen molar-refractivity contribution in [3.63, 3.8) is 0 Å². The number of rotatable bonds is 25. The lowest BCUT2D eigenvalue weighted by Crippen LogP contribution is -2.68. The molecule has 7 heterocycles. The van der Waals surface area contributed by atoms with Crippen LogP contribution in [0.15, 0.2) is 0 Å². The number of carbonyl (C=O) groups is 1. The van der Waals surface area contributed by atoms with Gasteiger partial charge in [-0.05, 0) is 6.92 Å². The molecule has 7 aliphatic heterocycles. The summed E-state index contributed by atoms with van der Waals surface area (Å²) in [6.45, 7) is -6.15. The van der Waals surface area contributed by atoms with E-state index < -0.39 is 292 Å². The molecule has 89 heavy (non-hydrogen) atoms. The third-order valence-electron chi connectivity index (χ3n) is 16.2. The molecule has 39 atom stereocenters. The summed E-state index contributed by atoms with van der Waals surface area (Å²) < 4.78 is 77.3. The van der Waals surface area contributed by atoms with Crippen LogP contribution in [-0.2, 0) is 71.1 Å². The fourth-order valence-corrected chi connectivity index (χ4v) is 10.9. The summed E-state index contributed by atoms with van der Waals surface area (Å²) in [5.74, 6) is -1.80. The van der Waals surface area contributed by atoms with Crippen molar-refractivity contribution in [3.8, 4) is 0 Å². The second kappa shape index (κ2) is 32.1. The first-order valence-electron chi connectivity index (χ1n) is 27.9. The van der Waals surface area contributed by atoms with Crippen LogP contribution < -0.4 is 0 Å². The van der Waals surface area contributed by atoms with Crippen molar-refractivity contribution < 1.29 is 204 Å². The zero-order chi connectivity index (χ0) is 65.9. The molecule has 7 fully saturated rings. The topological polar surface area (TPSA) is 672 Å². The molecule has 7 aliphatic rings. The molecule has 7 rings (SSSR count). The quantitative estimate of drug-likeness (QED) is 0.0404. The Labute approximate surface area is 501 Å². The number of aliphatic hydroxyl groups is 25. The minimum Gasteiger partial charge on any atom is -0.479 e. The summed E-state index contributed by atoms with van der Waals surface area (Å²) in [6.07, 6.45) is -78.5. The van der Waals surface area contributed by atoms with E-state index in [0.717, 1.165) is 6.92 Å². The Kier molecular flexibility index (Phi) is 26.8. The van der Waals surface area contributed by atoms with E-state index in [9.17, 15) is 138 Å². The van der Waals surface area contributed by atoms with Crippen molar-refractivity contribution in [1.82, 2.24) is 0 Å². The first kappa shape index (κ1) is 74.3. The predicted molar refractivity (Wildman–Crippen MR) is 266 cm³/mol. The van der Waals surface area contributed by atoms with Gasteiger partial charge in [0.15, 0.2) is 50.1 Å². The van der Waals surface area contributed by atoms with E-state index in [4.69, 9.17) is 66.3 Å². The van der Waals surface area contributed by atoms with Gasteiger partial charge in [0.25, 0.3) is 0 Å². The van der Waals surface area contributed by atoms with Crippen LogP contribution in [-0.4, -0.2) is 424 Å². The van der Waals surface area contributed by atoms with Crippen LogP contribution in [0, 0.1) is 0 Å². The highest BCUT2D eigenvalue weighted by Gasteiger charge is 2.58. The first-order valence-corrected chi connectivity index (χ1v) is 27.9. The second-order valence-electron chi connectivity index (χ2n) is 22.2. The molecule has 41 nitrogen and oxygen atoms in total. The van der Waals surface area contributed by atoms with E-state index in [0.29, 0.717) is 0 Å². The molecule has 0 bridgehead atoms. The molecular formula is C48H82O41. The van der Waals surface area contributed by atoms with Gasteiger partial charge in [-0.3, -0.25) is 0 Å². The number of aliphatic carboxylic acids is 1. The van der Waals surface area contributed by atoms with Crippen LogP contribution in [0.1, 0.15) is 6.92 Å². The van der Waals surface area contributed by atoms with Gasteiger partial charge >= 0.3 is 5.97 Å². The third kappa shape index (κ3) is 15.9. The Morgan fingerprint density at radius 2 is 0.663 bits per heavy atom. The standard InChI is InChI=1S/C48H82O41/c1-9(55)35(19(58)11(3-50)78-43-30(69)22(61)23(62)40(89-43)41(74)75)84-45-31(70)24(63)37(12(4-51)79-45)86-47-33(72)26(65)39(14(6-53)81-47)88-48-34(73)27(66)38(15(7-54)82-48)87-46-32(71)25(64)36(13(5-52)80-46)85-44-29(68)21(60)18(57)16(83-44)8-76-42-28(67)20(59)17(56)10(2-49)77-42/h9-40,42-73H,2-8H2,1H3,(H,74,75)/t9-,10+,11-,12+,13+,14+,15+,16+,17+,18+,19-,20-,21-,22-,23-,24+,25+,26+,27+,28-,29+,30+,31+,32+,33-,34+,35-,36-,37+,38+,39+,40-,42+,43+,44-,45-,46+,47-,48-/m0/s1.